The summed E-state index contributed by atoms with van der Waals surface area (Å²) in [6, 6.07) is 21.7. The van der Waals surface area contributed by atoms with Crippen molar-refractivity contribution >= 4 is 29.0 Å². The summed E-state index contributed by atoms with van der Waals surface area (Å²) in [4.78, 5) is 16.6. The van der Waals surface area contributed by atoms with Gasteiger partial charge >= 0.3 is 0 Å². The van der Waals surface area contributed by atoms with Crippen molar-refractivity contribution in [3.05, 3.63) is 118 Å². The molecule has 1 heterocycles. The maximum absolute atomic E-state index is 12.5. The zero-order valence-electron chi connectivity index (χ0n) is 17.7. The van der Waals surface area contributed by atoms with Gasteiger partial charge in [0, 0.05) is 39.1 Å². The lowest BCUT2D eigenvalue weighted by Crippen LogP contribution is -2.16. The van der Waals surface area contributed by atoms with Crippen molar-refractivity contribution < 1.29 is 14.3 Å². The van der Waals surface area contributed by atoms with Crippen LogP contribution in [0, 0.1) is 0 Å². The number of ketones is 1. The zero-order chi connectivity index (χ0) is 23.0. The summed E-state index contributed by atoms with van der Waals surface area (Å²) in [6.07, 6.45) is 5.03. The number of benzene rings is 3. The summed E-state index contributed by atoms with van der Waals surface area (Å²) < 4.78 is 13.8. The summed E-state index contributed by atoms with van der Waals surface area (Å²) >= 11 is 12.5. The first-order valence-corrected chi connectivity index (χ1v) is 11.2. The maximum Gasteiger partial charge on any atom is 0.193 e. The molecule has 4 rings (SSSR count). The van der Waals surface area contributed by atoms with Gasteiger partial charge in [-0.05, 0) is 36.4 Å². The van der Waals surface area contributed by atoms with Crippen LogP contribution in [0.4, 0.5) is 0 Å². The fourth-order valence-corrected chi connectivity index (χ4v) is 3.93. The van der Waals surface area contributed by atoms with Crippen LogP contribution in [-0.2, 0) is 11.3 Å². The third-order valence-corrected chi connectivity index (χ3v) is 5.63. The van der Waals surface area contributed by atoms with Crippen molar-refractivity contribution in [2.24, 2.45) is 0 Å². The quantitative estimate of drug-likeness (QED) is 0.198. The first-order chi connectivity index (χ1) is 16.1. The molecule has 0 amide bonds. The molecule has 7 heteroatoms. The number of carbonyl (C=O) groups is 1. The van der Waals surface area contributed by atoms with Crippen LogP contribution in [0.5, 0.6) is 5.75 Å². The van der Waals surface area contributed by atoms with Gasteiger partial charge in [0.25, 0.3) is 0 Å². The highest BCUT2D eigenvalue weighted by atomic mass is 35.5. The molecular weight excluding hydrogens is 459 g/mol. The van der Waals surface area contributed by atoms with Gasteiger partial charge in [0.1, 0.15) is 18.5 Å². The van der Waals surface area contributed by atoms with Gasteiger partial charge in [-0.15, -0.1) is 0 Å². The Morgan fingerprint density at radius 2 is 1.70 bits per heavy atom. The Labute approximate surface area is 202 Å². The zero-order valence-corrected chi connectivity index (χ0v) is 19.2. The summed E-state index contributed by atoms with van der Waals surface area (Å²) in [5.74, 6) is 0.645. The second kappa shape index (κ2) is 11.1. The molecule has 0 radical (unpaired) electrons. The van der Waals surface area contributed by atoms with Gasteiger partial charge in [0.05, 0.1) is 19.5 Å². The molecule has 168 valence electrons. The fraction of sp³-hybridized carbons (Fsp3) is 0.154. The van der Waals surface area contributed by atoms with E-state index in [4.69, 9.17) is 32.7 Å². The molecule has 1 aromatic heterocycles. The van der Waals surface area contributed by atoms with Gasteiger partial charge in [-0.25, -0.2) is 4.98 Å². The monoisotopic (exact) mass is 480 g/mol. The molecule has 0 aliphatic rings. The van der Waals surface area contributed by atoms with E-state index in [-0.39, 0.29) is 11.9 Å². The Bertz CT molecular complexity index is 1180. The van der Waals surface area contributed by atoms with E-state index in [0.29, 0.717) is 46.7 Å². The largest absolute Gasteiger partial charge is 0.491 e. The van der Waals surface area contributed by atoms with E-state index in [2.05, 4.69) is 4.98 Å². The third-order valence-electron chi connectivity index (χ3n) is 5.07. The lowest BCUT2D eigenvalue weighted by atomic mass is 10.0. The molecule has 0 bridgehead atoms. The number of aromatic nitrogens is 2. The van der Waals surface area contributed by atoms with E-state index in [1.807, 2.05) is 35.0 Å². The molecule has 0 N–H and O–H groups in total. The second-order valence-electron chi connectivity index (χ2n) is 7.35. The van der Waals surface area contributed by atoms with E-state index in [0.717, 1.165) is 5.56 Å². The second-order valence-corrected chi connectivity index (χ2v) is 8.20. The van der Waals surface area contributed by atoms with E-state index < -0.39 is 0 Å². The van der Waals surface area contributed by atoms with Gasteiger partial charge in [-0.3, -0.25) is 4.79 Å². The van der Waals surface area contributed by atoms with Crippen LogP contribution in [0.2, 0.25) is 10.0 Å². The highest BCUT2D eigenvalue weighted by Gasteiger charge is 2.17. The van der Waals surface area contributed by atoms with E-state index in [1.54, 1.807) is 61.1 Å². The maximum atomic E-state index is 12.5. The summed E-state index contributed by atoms with van der Waals surface area (Å²) in [5.41, 5.74) is 2.12. The van der Waals surface area contributed by atoms with Crippen molar-refractivity contribution in [1.29, 1.82) is 0 Å². The topological polar surface area (TPSA) is 53.4 Å². The standard InChI is InChI=1S/C26H22Cl2N2O3/c27-21-8-11-23(24(28)16-21)25(17-30-13-12-29-18-30)33-15-14-32-22-9-6-20(7-10-22)26(31)19-4-2-1-3-5-19/h1-13,16,18,25H,14-15,17H2. The molecule has 0 aliphatic carbocycles. The van der Waals surface area contributed by atoms with Gasteiger partial charge in [0.15, 0.2) is 5.78 Å². The van der Waals surface area contributed by atoms with E-state index in [9.17, 15) is 4.79 Å². The summed E-state index contributed by atoms with van der Waals surface area (Å²) in [5, 5.41) is 1.12. The SMILES string of the molecule is O=C(c1ccccc1)c1ccc(OCCOC(Cn2ccnc2)c2ccc(Cl)cc2Cl)cc1. The number of carbonyl (C=O) groups excluding carboxylic acids is 1. The number of imidazole rings is 1. The van der Waals surface area contributed by atoms with Crippen molar-refractivity contribution in [3.8, 4) is 5.75 Å². The molecule has 1 unspecified atom stereocenters. The third kappa shape index (κ3) is 6.23. The number of hydrogen-bond acceptors (Lipinski definition) is 4. The Kier molecular flexibility index (Phi) is 7.79. The van der Waals surface area contributed by atoms with Crippen LogP contribution in [0.15, 0.2) is 91.5 Å². The molecular formula is C26H22Cl2N2O3. The van der Waals surface area contributed by atoms with Gasteiger partial charge in [-0.1, -0.05) is 59.6 Å². The molecule has 4 aromatic rings. The Balaban J connectivity index is 1.34. The van der Waals surface area contributed by atoms with Crippen LogP contribution in [-0.4, -0.2) is 28.5 Å². The molecule has 1 atom stereocenters. The minimum absolute atomic E-state index is 0.0207. The smallest absolute Gasteiger partial charge is 0.193 e. The highest BCUT2D eigenvalue weighted by Crippen LogP contribution is 2.29. The average molecular weight is 481 g/mol. The van der Waals surface area contributed by atoms with Crippen molar-refractivity contribution in [3.63, 3.8) is 0 Å². The lowest BCUT2D eigenvalue weighted by Gasteiger charge is -2.20. The van der Waals surface area contributed by atoms with Crippen molar-refractivity contribution in [1.82, 2.24) is 9.55 Å². The molecule has 0 aliphatic heterocycles. The number of rotatable bonds is 10. The molecule has 0 fully saturated rings. The molecule has 0 spiro atoms. The van der Waals surface area contributed by atoms with Gasteiger partial charge < -0.3 is 14.0 Å². The molecule has 5 nitrogen and oxygen atoms in total. The van der Waals surface area contributed by atoms with Crippen LogP contribution in [0.3, 0.4) is 0 Å². The van der Waals surface area contributed by atoms with E-state index >= 15 is 0 Å². The number of nitrogens with zero attached hydrogens (tertiary/aromatic N) is 2. The highest BCUT2D eigenvalue weighted by molar-refractivity contribution is 6.35. The Morgan fingerprint density at radius 1 is 0.939 bits per heavy atom. The van der Waals surface area contributed by atoms with Crippen LogP contribution in [0.25, 0.3) is 0 Å². The first kappa shape index (κ1) is 23.1. The normalized spacial score (nSPS) is 11.8. The molecule has 0 saturated carbocycles. The van der Waals surface area contributed by atoms with Crippen LogP contribution < -0.4 is 4.74 Å². The average Bonchev–Trinajstić information content (AvgIpc) is 3.35. The Hall–Kier alpha value is -3.12. The van der Waals surface area contributed by atoms with Gasteiger partial charge in [0.2, 0.25) is 0 Å². The molecule has 33 heavy (non-hydrogen) atoms. The van der Waals surface area contributed by atoms with Gasteiger partial charge in [-0.2, -0.15) is 0 Å². The molecule has 0 saturated heterocycles. The Morgan fingerprint density at radius 3 is 2.39 bits per heavy atom. The van der Waals surface area contributed by atoms with E-state index in [1.165, 1.54) is 0 Å². The first-order valence-electron chi connectivity index (χ1n) is 10.4. The number of hydrogen-bond donors (Lipinski definition) is 0. The fourth-order valence-electron chi connectivity index (χ4n) is 3.40. The number of halogens is 2. The minimum atomic E-state index is -0.293. The van der Waals surface area contributed by atoms with Crippen LogP contribution >= 0.6 is 23.2 Å². The predicted molar refractivity (Wildman–Crippen MR) is 129 cm³/mol. The summed E-state index contributed by atoms with van der Waals surface area (Å²) in [6.45, 7) is 1.25. The summed E-state index contributed by atoms with van der Waals surface area (Å²) in [7, 11) is 0. The van der Waals surface area contributed by atoms with Crippen molar-refractivity contribution in [2.45, 2.75) is 12.6 Å². The number of ether oxygens (including phenoxy) is 2. The lowest BCUT2D eigenvalue weighted by molar-refractivity contribution is 0.0227. The predicted octanol–water partition coefficient (Wildman–Crippen LogP) is 6.26. The minimum Gasteiger partial charge on any atom is -0.491 e. The molecule has 3 aromatic carbocycles. The van der Waals surface area contributed by atoms with Crippen LogP contribution in [0.1, 0.15) is 27.6 Å². The van der Waals surface area contributed by atoms with Crippen molar-refractivity contribution in [2.75, 3.05) is 13.2 Å².